The van der Waals surface area contributed by atoms with E-state index < -0.39 is 0 Å². The van der Waals surface area contributed by atoms with Gasteiger partial charge in [-0.15, -0.1) is 0 Å². The Bertz CT molecular complexity index is 237. The fourth-order valence-corrected chi connectivity index (χ4v) is 4.55. The van der Waals surface area contributed by atoms with Crippen LogP contribution in [-0.4, -0.2) is 30.3 Å². The number of hydrogen-bond acceptors (Lipinski definition) is 1. The third-order valence-electron chi connectivity index (χ3n) is 5.42. The number of hydrogen-bond donors (Lipinski definition) is 2. The molecule has 0 amide bonds. The second-order valence-corrected chi connectivity index (χ2v) is 6.25. The normalized spacial score (nSPS) is 45.6. The number of likely N-dealkylation sites (tertiary alicyclic amines) is 1. The third kappa shape index (κ3) is 1.91. The van der Waals surface area contributed by atoms with Crippen molar-refractivity contribution in [1.29, 1.82) is 0 Å². The summed E-state index contributed by atoms with van der Waals surface area (Å²) in [6.45, 7) is 2.75. The van der Waals surface area contributed by atoms with Crippen LogP contribution in [0.4, 0.5) is 0 Å². The van der Waals surface area contributed by atoms with Gasteiger partial charge in [-0.1, -0.05) is 6.42 Å². The second kappa shape index (κ2) is 4.66. The van der Waals surface area contributed by atoms with Gasteiger partial charge in [-0.05, 0) is 44.4 Å². The monoisotopic (exact) mass is 224 g/mol. The van der Waals surface area contributed by atoms with Gasteiger partial charge >= 0.3 is 0 Å². The van der Waals surface area contributed by atoms with Crippen LogP contribution in [0.5, 0.6) is 0 Å². The van der Waals surface area contributed by atoms with Gasteiger partial charge in [-0.25, -0.2) is 0 Å². The minimum atomic E-state index is 0.0435. The zero-order valence-electron chi connectivity index (χ0n) is 10.3. The van der Waals surface area contributed by atoms with Gasteiger partial charge in [0.15, 0.2) is 0 Å². The minimum absolute atomic E-state index is 0.0435. The molecule has 3 aliphatic rings. The van der Waals surface area contributed by atoms with Crippen molar-refractivity contribution in [3.63, 3.8) is 0 Å². The van der Waals surface area contributed by atoms with E-state index in [9.17, 15) is 5.11 Å². The van der Waals surface area contributed by atoms with Crippen LogP contribution < -0.4 is 4.90 Å². The first kappa shape index (κ1) is 11.0. The van der Waals surface area contributed by atoms with Crippen molar-refractivity contribution in [2.45, 2.75) is 63.5 Å². The molecule has 2 nitrogen and oxygen atoms in total. The quantitative estimate of drug-likeness (QED) is 0.682. The highest BCUT2D eigenvalue weighted by Crippen LogP contribution is 2.39. The molecular formula is C14H26NO+. The molecule has 0 radical (unpaired) electrons. The maximum absolute atomic E-state index is 10.4. The van der Waals surface area contributed by atoms with Crippen LogP contribution >= 0.6 is 0 Å². The summed E-state index contributed by atoms with van der Waals surface area (Å²) >= 11 is 0. The molecule has 0 aromatic carbocycles. The summed E-state index contributed by atoms with van der Waals surface area (Å²) in [6.07, 6.45) is 11.0. The molecule has 1 heterocycles. The Hall–Kier alpha value is -0.0800. The number of rotatable bonds is 1. The standard InChI is InChI=1S/C14H25NO/c16-14-11-5-4-6-12(14)13(8-7-11)15-9-2-1-3-10-15/h11-14,16H,1-10H2/p+1. The van der Waals surface area contributed by atoms with Crippen LogP contribution in [0.15, 0.2) is 0 Å². The van der Waals surface area contributed by atoms with Crippen molar-refractivity contribution in [3.8, 4) is 0 Å². The van der Waals surface area contributed by atoms with E-state index in [1.165, 1.54) is 64.5 Å². The Balaban J connectivity index is 1.69. The van der Waals surface area contributed by atoms with Crippen LogP contribution in [0.3, 0.4) is 0 Å². The van der Waals surface area contributed by atoms with Crippen molar-refractivity contribution in [1.82, 2.24) is 0 Å². The van der Waals surface area contributed by atoms with Crippen molar-refractivity contribution in [3.05, 3.63) is 0 Å². The molecular weight excluding hydrogens is 198 g/mol. The van der Waals surface area contributed by atoms with Crippen LogP contribution in [-0.2, 0) is 0 Å². The van der Waals surface area contributed by atoms with Crippen LogP contribution in [0.25, 0.3) is 0 Å². The smallest absolute Gasteiger partial charge is 0.0928 e. The van der Waals surface area contributed by atoms with Crippen LogP contribution in [0.1, 0.15) is 51.4 Å². The van der Waals surface area contributed by atoms with E-state index in [1.54, 1.807) is 0 Å². The van der Waals surface area contributed by atoms with E-state index in [0.29, 0.717) is 11.8 Å². The summed E-state index contributed by atoms with van der Waals surface area (Å²) in [5.74, 6) is 1.29. The minimum Gasteiger partial charge on any atom is -0.392 e. The van der Waals surface area contributed by atoms with Gasteiger partial charge in [0.05, 0.1) is 25.2 Å². The van der Waals surface area contributed by atoms with E-state index in [4.69, 9.17) is 0 Å². The second-order valence-electron chi connectivity index (χ2n) is 6.25. The summed E-state index contributed by atoms with van der Waals surface area (Å²) in [5.41, 5.74) is 0. The largest absolute Gasteiger partial charge is 0.392 e. The fraction of sp³-hybridized carbons (Fsp3) is 1.00. The van der Waals surface area contributed by atoms with Gasteiger partial charge in [0.2, 0.25) is 0 Å². The van der Waals surface area contributed by atoms with E-state index in [0.717, 1.165) is 6.04 Å². The lowest BCUT2D eigenvalue weighted by Gasteiger charge is -2.47. The maximum atomic E-state index is 10.4. The molecule has 1 aliphatic heterocycles. The van der Waals surface area contributed by atoms with Gasteiger partial charge in [0.25, 0.3) is 0 Å². The predicted octanol–water partition coefficient (Wildman–Crippen LogP) is 0.995. The average molecular weight is 224 g/mol. The first-order valence-electron chi connectivity index (χ1n) is 7.39. The van der Waals surface area contributed by atoms with Gasteiger partial charge in [0, 0.05) is 12.3 Å². The predicted molar refractivity (Wildman–Crippen MR) is 64.4 cm³/mol. The fourth-order valence-electron chi connectivity index (χ4n) is 4.55. The number of aliphatic hydroxyl groups is 1. The molecule has 0 aromatic rings. The summed E-state index contributed by atoms with van der Waals surface area (Å²) in [7, 11) is 0. The molecule has 2 saturated carbocycles. The summed E-state index contributed by atoms with van der Waals surface area (Å²) in [6, 6.07) is 0.798. The summed E-state index contributed by atoms with van der Waals surface area (Å²) in [5, 5.41) is 10.4. The van der Waals surface area contributed by atoms with Gasteiger partial charge in [0.1, 0.15) is 0 Å². The Kier molecular flexibility index (Phi) is 3.21. The highest BCUT2D eigenvalue weighted by molar-refractivity contribution is 4.91. The molecule has 2 heteroatoms. The molecule has 3 fully saturated rings. The zero-order chi connectivity index (χ0) is 11.0. The molecule has 92 valence electrons. The molecule has 1 saturated heterocycles. The van der Waals surface area contributed by atoms with Gasteiger partial charge < -0.3 is 10.0 Å². The zero-order valence-corrected chi connectivity index (χ0v) is 10.3. The third-order valence-corrected chi connectivity index (χ3v) is 5.42. The van der Waals surface area contributed by atoms with Crippen LogP contribution in [0.2, 0.25) is 0 Å². The summed E-state index contributed by atoms with van der Waals surface area (Å²) < 4.78 is 0. The maximum Gasteiger partial charge on any atom is 0.0928 e. The van der Waals surface area contributed by atoms with Gasteiger partial charge in [-0.3, -0.25) is 0 Å². The molecule has 16 heavy (non-hydrogen) atoms. The number of quaternary nitrogens is 1. The molecule has 2 aliphatic carbocycles. The SMILES string of the molecule is OC1C2CCCC1C([NH+]1CCCCC1)CC2. The van der Waals surface area contributed by atoms with Gasteiger partial charge in [-0.2, -0.15) is 0 Å². The molecule has 2 bridgehead atoms. The van der Waals surface area contributed by atoms with E-state index in [1.807, 2.05) is 4.90 Å². The van der Waals surface area contributed by atoms with Crippen molar-refractivity contribution in [2.75, 3.05) is 13.1 Å². The van der Waals surface area contributed by atoms with Crippen molar-refractivity contribution in [2.24, 2.45) is 11.8 Å². The van der Waals surface area contributed by atoms with E-state index >= 15 is 0 Å². The van der Waals surface area contributed by atoms with Crippen molar-refractivity contribution < 1.29 is 10.0 Å². The Morgan fingerprint density at radius 3 is 2.44 bits per heavy atom. The number of piperidine rings is 1. The molecule has 4 unspecified atom stereocenters. The average Bonchev–Trinajstić information content (AvgIpc) is 2.30. The first-order valence-corrected chi connectivity index (χ1v) is 7.39. The number of nitrogens with one attached hydrogen (secondary N) is 1. The van der Waals surface area contributed by atoms with E-state index in [2.05, 4.69) is 0 Å². The topological polar surface area (TPSA) is 24.7 Å². The highest BCUT2D eigenvalue weighted by atomic mass is 16.3. The lowest BCUT2D eigenvalue weighted by atomic mass is 9.67. The van der Waals surface area contributed by atoms with E-state index in [-0.39, 0.29) is 6.10 Å². The van der Waals surface area contributed by atoms with Crippen LogP contribution in [0, 0.1) is 11.8 Å². The first-order chi connectivity index (χ1) is 7.86. The Morgan fingerprint density at radius 1 is 0.812 bits per heavy atom. The van der Waals surface area contributed by atoms with Crippen molar-refractivity contribution >= 4 is 0 Å². The molecule has 0 aromatic heterocycles. The Labute approximate surface area is 99.0 Å². The number of aliphatic hydroxyl groups excluding tert-OH is 1. The molecule has 2 N–H and O–H groups in total. The summed E-state index contributed by atoms with van der Waals surface area (Å²) in [4.78, 5) is 1.83. The molecule has 0 spiro atoms. The highest BCUT2D eigenvalue weighted by Gasteiger charge is 2.45. The lowest BCUT2D eigenvalue weighted by Crippen LogP contribution is -3.17. The number of fused-ring (bicyclic) bond motifs is 2. The molecule has 4 atom stereocenters. The Morgan fingerprint density at radius 2 is 1.62 bits per heavy atom. The molecule has 3 rings (SSSR count). The lowest BCUT2D eigenvalue weighted by molar-refractivity contribution is -0.936.